The van der Waals surface area contributed by atoms with Crippen molar-refractivity contribution in [1.82, 2.24) is 5.43 Å². The van der Waals surface area contributed by atoms with Gasteiger partial charge in [-0.2, -0.15) is 0 Å². The predicted molar refractivity (Wildman–Crippen MR) is 44.2 cm³/mol. The molecule has 0 fully saturated rings. The number of benzene rings is 1. The monoisotopic (exact) mass is 167 g/mol. The third kappa shape index (κ3) is 2.14. The standard InChI is InChI=1S/C7H9N3O2/c8-5-2-1-3-6(4-5)12-7(11)10-9/h1-4H,8-9H2,(H,10,11). The Labute approximate surface area is 69.3 Å². The van der Waals surface area contributed by atoms with E-state index in [0.29, 0.717) is 11.4 Å². The maximum absolute atomic E-state index is 10.6. The first-order valence-electron chi connectivity index (χ1n) is 3.26. The number of carbonyl (C=O) groups is 1. The zero-order valence-electron chi connectivity index (χ0n) is 6.28. The molecule has 0 atom stereocenters. The molecule has 1 rings (SSSR count). The molecule has 0 bridgehead atoms. The van der Waals surface area contributed by atoms with Crippen molar-refractivity contribution >= 4 is 11.8 Å². The number of nitrogen functional groups attached to an aromatic ring is 1. The van der Waals surface area contributed by atoms with E-state index in [0.717, 1.165) is 0 Å². The Morgan fingerprint density at radius 2 is 2.25 bits per heavy atom. The summed E-state index contributed by atoms with van der Waals surface area (Å²) in [6, 6.07) is 6.49. The second-order valence-electron chi connectivity index (χ2n) is 2.11. The van der Waals surface area contributed by atoms with E-state index in [1.54, 1.807) is 18.2 Å². The third-order valence-electron chi connectivity index (χ3n) is 1.19. The number of nitrogens with one attached hydrogen (secondary N) is 1. The highest BCUT2D eigenvalue weighted by molar-refractivity contribution is 5.69. The molecule has 0 saturated carbocycles. The van der Waals surface area contributed by atoms with E-state index < -0.39 is 6.09 Å². The number of anilines is 1. The lowest BCUT2D eigenvalue weighted by molar-refractivity contribution is 0.201. The van der Waals surface area contributed by atoms with Crippen LogP contribution < -0.4 is 21.7 Å². The molecular formula is C7H9N3O2. The van der Waals surface area contributed by atoms with Gasteiger partial charge in [-0.1, -0.05) is 6.07 Å². The van der Waals surface area contributed by atoms with Crippen molar-refractivity contribution in [3.8, 4) is 5.75 Å². The van der Waals surface area contributed by atoms with Crippen molar-refractivity contribution < 1.29 is 9.53 Å². The quantitative estimate of drug-likeness (QED) is 0.242. The number of ether oxygens (including phenoxy) is 1. The summed E-state index contributed by atoms with van der Waals surface area (Å²) in [5.74, 6) is 5.16. The topological polar surface area (TPSA) is 90.4 Å². The Morgan fingerprint density at radius 1 is 1.50 bits per heavy atom. The lowest BCUT2D eigenvalue weighted by atomic mass is 10.3. The van der Waals surface area contributed by atoms with Crippen molar-refractivity contribution in [2.75, 3.05) is 5.73 Å². The first-order chi connectivity index (χ1) is 5.72. The van der Waals surface area contributed by atoms with Gasteiger partial charge in [0, 0.05) is 11.8 Å². The van der Waals surface area contributed by atoms with Crippen molar-refractivity contribution in [1.29, 1.82) is 0 Å². The molecule has 0 heterocycles. The summed E-state index contributed by atoms with van der Waals surface area (Å²) in [7, 11) is 0. The number of hydrazine groups is 1. The van der Waals surface area contributed by atoms with E-state index in [9.17, 15) is 4.79 Å². The maximum atomic E-state index is 10.6. The molecule has 5 nitrogen and oxygen atoms in total. The van der Waals surface area contributed by atoms with Gasteiger partial charge in [-0.25, -0.2) is 10.6 Å². The molecule has 5 heteroatoms. The first kappa shape index (κ1) is 8.35. The Hall–Kier alpha value is -1.75. The lowest BCUT2D eigenvalue weighted by Gasteiger charge is -2.02. The van der Waals surface area contributed by atoms with E-state index in [-0.39, 0.29) is 0 Å². The first-order valence-corrected chi connectivity index (χ1v) is 3.26. The second kappa shape index (κ2) is 3.59. The molecular weight excluding hydrogens is 158 g/mol. The zero-order valence-corrected chi connectivity index (χ0v) is 6.28. The van der Waals surface area contributed by atoms with Gasteiger partial charge in [-0.05, 0) is 12.1 Å². The van der Waals surface area contributed by atoms with Crippen LogP contribution in [0.3, 0.4) is 0 Å². The number of hydrogen-bond donors (Lipinski definition) is 3. The van der Waals surface area contributed by atoms with Crippen LogP contribution in [0.2, 0.25) is 0 Å². The van der Waals surface area contributed by atoms with Gasteiger partial charge < -0.3 is 10.5 Å². The van der Waals surface area contributed by atoms with Crippen LogP contribution >= 0.6 is 0 Å². The Kier molecular flexibility index (Phi) is 2.49. The zero-order chi connectivity index (χ0) is 8.97. The predicted octanol–water partition coefficient (Wildman–Crippen LogP) is 0.231. The van der Waals surface area contributed by atoms with Gasteiger partial charge in [-0.3, -0.25) is 5.43 Å². The fourth-order valence-electron chi connectivity index (χ4n) is 0.715. The van der Waals surface area contributed by atoms with Crippen molar-refractivity contribution in [2.24, 2.45) is 5.84 Å². The minimum Gasteiger partial charge on any atom is -0.409 e. The molecule has 1 aromatic carbocycles. The van der Waals surface area contributed by atoms with Crippen LogP contribution in [-0.2, 0) is 0 Å². The molecule has 0 unspecified atom stereocenters. The van der Waals surface area contributed by atoms with E-state index in [2.05, 4.69) is 4.74 Å². The fourth-order valence-corrected chi connectivity index (χ4v) is 0.715. The summed E-state index contributed by atoms with van der Waals surface area (Å²) in [6.45, 7) is 0. The number of nitrogens with two attached hydrogens (primary N) is 2. The highest BCUT2D eigenvalue weighted by atomic mass is 16.6. The van der Waals surface area contributed by atoms with E-state index in [1.165, 1.54) is 6.07 Å². The molecule has 1 aromatic rings. The van der Waals surface area contributed by atoms with Crippen molar-refractivity contribution in [3.63, 3.8) is 0 Å². The van der Waals surface area contributed by atoms with E-state index >= 15 is 0 Å². The molecule has 0 aliphatic carbocycles. The molecule has 0 saturated heterocycles. The van der Waals surface area contributed by atoms with Gasteiger partial charge in [0.2, 0.25) is 0 Å². The van der Waals surface area contributed by atoms with Gasteiger partial charge >= 0.3 is 6.09 Å². The summed E-state index contributed by atoms with van der Waals surface area (Å²) in [4.78, 5) is 10.6. The van der Waals surface area contributed by atoms with Gasteiger partial charge in [0.15, 0.2) is 0 Å². The van der Waals surface area contributed by atoms with Crippen LogP contribution in [0.1, 0.15) is 0 Å². The summed E-state index contributed by atoms with van der Waals surface area (Å²) in [5.41, 5.74) is 7.79. The van der Waals surface area contributed by atoms with Crippen molar-refractivity contribution in [3.05, 3.63) is 24.3 Å². The van der Waals surface area contributed by atoms with Gasteiger partial charge in [0.1, 0.15) is 5.75 Å². The molecule has 64 valence electrons. The molecule has 0 aromatic heterocycles. The molecule has 0 aliphatic rings. The number of amides is 1. The number of carbonyl (C=O) groups excluding carboxylic acids is 1. The van der Waals surface area contributed by atoms with Crippen LogP contribution in [0.25, 0.3) is 0 Å². The second-order valence-corrected chi connectivity index (χ2v) is 2.11. The van der Waals surface area contributed by atoms with E-state index in [4.69, 9.17) is 11.6 Å². The number of rotatable bonds is 1. The maximum Gasteiger partial charge on any atom is 0.426 e. The molecule has 0 spiro atoms. The highest BCUT2D eigenvalue weighted by Gasteiger charge is 2.00. The van der Waals surface area contributed by atoms with Gasteiger partial charge in [0.05, 0.1) is 0 Å². The highest BCUT2D eigenvalue weighted by Crippen LogP contribution is 2.13. The van der Waals surface area contributed by atoms with Gasteiger partial charge in [-0.15, -0.1) is 0 Å². The summed E-state index contributed by atoms with van der Waals surface area (Å²) in [5, 5.41) is 0. The molecule has 0 radical (unpaired) electrons. The minimum absolute atomic E-state index is 0.359. The van der Waals surface area contributed by atoms with Crippen LogP contribution in [0.15, 0.2) is 24.3 Å². The Bertz CT molecular complexity index is 288. The van der Waals surface area contributed by atoms with Crippen LogP contribution in [0.4, 0.5) is 10.5 Å². The van der Waals surface area contributed by atoms with Crippen LogP contribution in [0.5, 0.6) is 5.75 Å². The van der Waals surface area contributed by atoms with Gasteiger partial charge in [0.25, 0.3) is 0 Å². The van der Waals surface area contributed by atoms with Crippen LogP contribution in [-0.4, -0.2) is 6.09 Å². The largest absolute Gasteiger partial charge is 0.426 e. The molecule has 5 N–H and O–H groups in total. The average Bonchev–Trinajstić information content (AvgIpc) is 2.04. The Morgan fingerprint density at radius 3 is 2.83 bits per heavy atom. The summed E-state index contributed by atoms with van der Waals surface area (Å²) >= 11 is 0. The molecule has 0 aliphatic heterocycles. The van der Waals surface area contributed by atoms with Crippen LogP contribution in [0, 0.1) is 0 Å². The fraction of sp³-hybridized carbons (Fsp3) is 0. The minimum atomic E-state index is -0.722. The summed E-state index contributed by atoms with van der Waals surface area (Å²) < 4.78 is 4.69. The smallest absolute Gasteiger partial charge is 0.409 e. The third-order valence-corrected chi connectivity index (χ3v) is 1.19. The van der Waals surface area contributed by atoms with Crippen molar-refractivity contribution in [2.45, 2.75) is 0 Å². The molecule has 12 heavy (non-hydrogen) atoms. The normalized spacial score (nSPS) is 9.08. The average molecular weight is 167 g/mol. The number of hydrogen-bond acceptors (Lipinski definition) is 4. The lowest BCUT2D eigenvalue weighted by Crippen LogP contribution is -2.32. The molecule has 1 amide bonds. The SMILES string of the molecule is NNC(=O)Oc1cccc(N)c1. The Balaban J connectivity index is 2.69. The van der Waals surface area contributed by atoms with E-state index in [1.807, 2.05) is 5.43 Å². The summed E-state index contributed by atoms with van der Waals surface area (Å²) in [6.07, 6.45) is -0.722.